The molecule has 0 unspecified atom stereocenters. The number of nitrogens with one attached hydrogen (secondary N) is 1. The van der Waals surface area contributed by atoms with Crippen molar-refractivity contribution >= 4 is 29.0 Å². The maximum absolute atomic E-state index is 11.5. The summed E-state index contributed by atoms with van der Waals surface area (Å²) in [5.41, 5.74) is 2.40. The minimum absolute atomic E-state index is 0.306. The fraction of sp³-hybridized carbons (Fsp3) is 0.300. The summed E-state index contributed by atoms with van der Waals surface area (Å²) >= 11 is 0.945. The Morgan fingerprint density at radius 2 is 1.92 bits per heavy atom. The van der Waals surface area contributed by atoms with E-state index >= 15 is 0 Å². The molecule has 0 atom stereocenters. The zero-order valence-electron chi connectivity index (χ0n) is 14.0. The number of thioether (sulfide) groups is 1. The molecule has 1 aromatic rings. The molecular formula is C20H23NO2S. The number of amides is 2. The van der Waals surface area contributed by atoms with Crippen molar-refractivity contribution in [1.82, 2.24) is 5.32 Å². The smallest absolute Gasteiger partial charge is 0.282 e. The molecule has 0 saturated carbocycles. The van der Waals surface area contributed by atoms with Crippen molar-refractivity contribution in [3.8, 4) is 0 Å². The van der Waals surface area contributed by atoms with Crippen LogP contribution in [0.1, 0.15) is 44.6 Å². The number of hydrogen-bond acceptors (Lipinski definition) is 3. The molecule has 126 valence electrons. The van der Waals surface area contributed by atoms with E-state index in [1.54, 1.807) is 6.08 Å². The highest BCUT2D eigenvalue weighted by atomic mass is 32.2. The Kier molecular flexibility index (Phi) is 7.56. The second-order valence-electron chi connectivity index (χ2n) is 5.67. The largest absolute Gasteiger partial charge is 0.290 e. The number of carbonyl (C=O) groups is 2. The van der Waals surface area contributed by atoms with Gasteiger partial charge in [0.05, 0.1) is 4.91 Å². The molecule has 1 aromatic carbocycles. The Hall–Kier alpha value is -2.07. The zero-order valence-corrected chi connectivity index (χ0v) is 14.8. The molecule has 0 spiro atoms. The highest BCUT2D eigenvalue weighted by molar-refractivity contribution is 8.18. The lowest BCUT2D eigenvalue weighted by Crippen LogP contribution is -2.17. The number of benzene rings is 1. The van der Waals surface area contributed by atoms with Gasteiger partial charge < -0.3 is 0 Å². The molecule has 0 radical (unpaired) electrons. The van der Waals surface area contributed by atoms with Crippen LogP contribution >= 0.6 is 11.8 Å². The Bertz CT molecular complexity index is 659. The predicted octanol–water partition coefficient (Wildman–Crippen LogP) is 5.46. The summed E-state index contributed by atoms with van der Waals surface area (Å²) in [6.07, 6.45) is 13.6. The molecule has 1 aliphatic heterocycles. The van der Waals surface area contributed by atoms with Gasteiger partial charge >= 0.3 is 0 Å². The Balaban J connectivity index is 2.06. The van der Waals surface area contributed by atoms with Crippen molar-refractivity contribution in [3.05, 3.63) is 64.6 Å². The molecule has 1 fully saturated rings. The van der Waals surface area contributed by atoms with Gasteiger partial charge in [-0.25, -0.2) is 0 Å². The van der Waals surface area contributed by atoms with Crippen LogP contribution in [-0.4, -0.2) is 11.1 Å². The first-order valence-electron chi connectivity index (χ1n) is 8.36. The molecule has 3 nitrogen and oxygen atoms in total. The lowest BCUT2D eigenvalue weighted by Gasteiger charge is -2.03. The van der Waals surface area contributed by atoms with Crippen LogP contribution in [0.3, 0.4) is 0 Å². The van der Waals surface area contributed by atoms with Gasteiger partial charge in [-0.1, -0.05) is 74.7 Å². The summed E-state index contributed by atoms with van der Waals surface area (Å²) in [4.78, 5) is 23.1. The average molecular weight is 341 g/mol. The predicted molar refractivity (Wildman–Crippen MR) is 102 cm³/mol. The number of carbonyl (C=O) groups excluding carboxylic acids is 2. The summed E-state index contributed by atoms with van der Waals surface area (Å²) in [7, 11) is 0. The molecule has 0 aliphatic carbocycles. The summed E-state index contributed by atoms with van der Waals surface area (Å²) in [5.74, 6) is -0.314. The molecule has 0 bridgehead atoms. The van der Waals surface area contributed by atoms with Crippen LogP contribution in [0.25, 0.3) is 6.08 Å². The van der Waals surface area contributed by atoms with E-state index in [1.165, 1.54) is 30.4 Å². The molecule has 1 heterocycles. The van der Waals surface area contributed by atoms with E-state index in [-0.39, 0.29) is 11.1 Å². The van der Waals surface area contributed by atoms with Crippen LogP contribution in [0, 0.1) is 0 Å². The van der Waals surface area contributed by atoms with Crippen LogP contribution in [0.4, 0.5) is 4.79 Å². The number of hydrogen-bond donors (Lipinski definition) is 1. The van der Waals surface area contributed by atoms with E-state index in [4.69, 9.17) is 0 Å². The maximum atomic E-state index is 11.5. The lowest BCUT2D eigenvalue weighted by molar-refractivity contribution is -0.115. The number of allylic oxidation sites excluding steroid dienone is 4. The van der Waals surface area contributed by atoms with Crippen LogP contribution in [0.2, 0.25) is 0 Å². The molecule has 0 aromatic heterocycles. The second kappa shape index (κ2) is 9.93. The molecule has 2 amide bonds. The average Bonchev–Trinajstić information content (AvgIpc) is 2.90. The van der Waals surface area contributed by atoms with Gasteiger partial charge in [-0.2, -0.15) is 0 Å². The number of rotatable bonds is 8. The quantitative estimate of drug-likeness (QED) is 0.388. The molecule has 1 N–H and O–H groups in total. The topological polar surface area (TPSA) is 46.2 Å². The molecule has 1 saturated heterocycles. The van der Waals surface area contributed by atoms with Crippen molar-refractivity contribution in [3.63, 3.8) is 0 Å². The maximum Gasteiger partial charge on any atom is 0.290 e. The molecule has 1 aliphatic rings. The zero-order chi connectivity index (χ0) is 17.2. The molecular weight excluding hydrogens is 318 g/mol. The summed E-state index contributed by atoms with van der Waals surface area (Å²) in [6.45, 7) is 2.21. The van der Waals surface area contributed by atoms with Gasteiger partial charge in [0, 0.05) is 0 Å². The number of unbranched alkanes of at least 4 members (excludes halogenated alkanes) is 3. The van der Waals surface area contributed by atoms with Gasteiger partial charge in [-0.15, -0.1) is 0 Å². The Morgan fingerprint density at radius 1 is 1.12 bits per heavy atom. The van der Waals surface area contributed by atoms with Gasteiger partial charge in [0.25, 0.3) is 11.1 Å². The highest BCUT2D eigenvalue weighted by Crippen LogP contribution is 2.23. The Morgan fingerprint density at radius 3 is 2.58 bits per heavy atom. The lowest BCUT2D eigenvalue weighted by atomic mass is 10.0. The van der Waals surface area contributed by atoms with Crippen molar-refractivity contribution in [2.75, 3.05) is 0 Å². The normalized spacial score (nSPS) is 17.0. The van der Waals surface area contributed by atoms with Gasteiger partial charge in [-0.05, 0) is 41.8 Å². The Labute approximate surface area is 147 Å². The van der Waals surface area contributed by atoms with E-state index in [0.29, 0.717) is 4.91 Å². The van der Waals surface area contributed by atoms with Crippen molar-refractivity contribution in [2.45, 2.75) is 39.0 Å². The van der Waals surface area contributed by atoms with Gasteiger partial charge in [0.1, 0.15) is 0 Å². The van der Waals surface area contributed by atoms with Crippen molar-refractivity contribution in [2.24, 2.45) is 0 Å². The van der Waals surface area contributed by atoms with Crippen LogP contribution in [0.5, 0.6) is 0 Å². The fourth-order valence-electron chi connectivity index (χ4n) is 2.42. The van der Waals surface area contributed by atoms with E-state index in [9.17, 15) is 9.59 Å². The fourth-order valence-corrected chi connectivity index (χ4v) is 3.05. The minimum atomic E-state index is -0.314. The van der Waals surface area contributed by atoms with E-state index in [2.05, 4.69) is 30.4 Å². The third kappa shape index (κ3) is 6.20. The van der Waals surface area contributed by atoms with E-state index < -0.39 is 0 Å². The molecule has 2 rings (SSSR count). The van der Waals surface area contributed by atoms with Crippen LogP contribution in [0.15, 0.2) is 59.0 Å². The first-order chi connectivity index (χ1) is 11.7. The minimum Gasteiger partial charge on any atom is -0.282 e. The first-order valence-corrected chi connectivity index (χ1v) is 9.18. The van der Waals surface area contributed by atoms with E-state index in [1.807, 2.05) is 30.4 Å². The SMILES string of the molecule is CCCCCCC(=C/c1ccccc1)/C=C/C=C1/SC(=O)NC1=O. The van der Waals surface area contributed by atoms with Crippen LogP contribution in [-0.2, 0) is 4.79 Å². The summed E-state index contributed by atoms with van der Waals surface area (Å²) < 4.78 is 0. The first kappa shape index (κ1) is 18.3. The monoisotopic (exact) mass is 341 g/mol. The van der Waals surface area contributed by atoms with Crippen molar-refractivity contribution < 1.29 is 9.59 Å². The summed E-state index contributed by atoms with van der Waals surface area (Å²) in [6, 6.07) is 10.2. The molecule has 24 heavy (non-hydrogen) atoms. The third-order valence-corrected chi connectivity index (χ3v) is 4.50. The van der Waals surface area contributed by atoms with Gasteiger partial charge in [0.15, 0.2) is 0 Å². The summed E-state index contributed by atoms with van der Waals surface area (Å²) in [5, 5.41) is 1.96. The second-order valence-corrected chi connectivity index (χ2v) is 6.69. The van der Waals surface area contributed by atoms with Crippen LogP contribution < -0.4 is 5.32 Å². The van der Waals surface area contributed by atoms with Gasteiger partial charge in [0.2, 0.25) is 0 Å². The van der Waals surface area contributed by atoms with Crippen molar-refractivity contribution in [1.29, 1.82) is 0 Å². The highest BCUT2D eigenvalue weighted by Gasteiger charge is 2.24. The molecule has 4 heteroatoms. The van der Waals surface area contributed by atoms with E-state index in [0.717, 1.165) is 24.6 Å². The van der Waals surface area contributed by atoms with Gasteiger partial charge in [-0.3, -0.25) is 14.9 Å². The number of imide groups is 1. The third-order valence-electron chi connectivity index (χ3n) is 3.67. The standard InChI is InChI=1S/C20H23NO2S/c1-2-3-4-6-10-17(15-16-11-7-5-8-12-16)13-9-14-18-19(22)21-20(23)24-18/h5,7-9,11-15H,2-4,6,10H2,1H3,(H,21,22,23)/b13-9+,17-15-,18-14+.